The van der Waals surface area contributed by atoms with Crippen LogP contribution in [0.2, 0.25) is 5.02 Å². The highest BCUT2D eigenvalue weighted by molar-refractivity contribution is 6.32. The van der Waals surface area contributed by atoms with Gasteiger partial charge in [-0.2, -0.15) is 0 Å². The van der Waals surface area contributed by atoms with E-state index in [9.17, 15) is 14.4 Å². The summed E-state index contributed by atoms with van der Waals surface area (Å²) < 4.78 is 15.8. The summed E-state index contributed by atoms with van der Waals surface area (Å²) in [7, 11) is 1.43. The Labute approximate surface area is 162 Å². The van der Waals surface area contributed by atoms with Crippen LogP contribution in [0.15, 0.2) is 12.1 Å². The molecule has 2 N–H and O–H groups in total. The molecule has 0 aromatic heterocycles. The summed E-state index contributed by atoms with van der Waals surface area (Å²) in [6.07, 6.45) is 1.80. The summed E-state index contributed by atoms with van der Waals surface area (Å²) in [6, 6.07) is 2.31. The van der Waals surface area contributed by atoms with E-state index in [1.54, 1.807) is 0 Å². The molecule has 27 heavy (non-hydrogen) atoms. The topological polar surface area (TPSA) is 103 Å². The van der Waals surface area contributed by atoms with Crippen LogP contribution in [0.4, 0.5) is 4.79 Å². The molecule has 9 heteroatoms. The predicted octanol–water partition coefficient (Wildman–Crippen LogP) is 2.53. The predicted molar refractivity (Wildman–Crippen MR) is 98.3 cm³/mol. The van der Waals surface area contributed by atoms with Crippen molar-refractivity contribution in [1.29, 1.82) is 0 Å². The number of benzene rings is 1. The maximum atomic E-state index is 12.2. The fraction of sp³-hybridized carbons (Fsp3) is 0.500. The van der Waals surface area contributed by atoms with Gasteiger partial charge in [0.1, 0.15) is 0 Å². The van der Waals surface area contributed by atoms with Crippen molar-refractivity contribution in [2.75, 3.05) is 20.3 Å². The molecule has 0 spiro atoms. The Hall–Kier alpha value is -2.48. The first kappa shape index (κ1) is 20.8. The van der Waals surface area contributed by atoms with E-state index in [1.165, 1.54) is 19.2 Å². The van der Waals surface area contributed by atoms with E-state index in [1.807, 2.05) is 13.8 Å². The minimum atomic E-state index is -0.775. The minimum Gasteiger partial charge on any atom is -0.493 e. The summed E-state index contributed by atoms with van der Waals surface area (Å²) in [6.45, 7) is 3.82. The van der Waals surface area contributed by atoms with Gasteiger partial charge in [0.15, 0.2) is 18.1 Å². The van der Waals surface area contributed by atoms with Crippen LogP contribution in [0.5, 0.6) is 11.5 Å². The number of urea groups is 1. The van der Waals surface area contributed by atoms with Gasteiger partial charge >= 0.3 is 12.0 Å². The Morgan fingerprint density at radius 2 is 1.96 bits per heavy atom. The maximum absolute atomic E-state index is 12.2. The lowest BCUT2D eigenvalue weighted by Gasteiger charge is -2.15. The number of methoxy groups -OCH3 is 1. The average Bonchev–Trinajstić information content (AvgIpc) is 3.41. The minimum absolute atomic E-state index is 0.101. The van der Waals surface area contributed by atoms with Gasteiger partial charge < -0.3 is 19.5 Å². The Bertz CT molecular complexity index is 718. The van der Waals surface area contributed by atoms with Crippen LogP contribution in [0, 0.1) is 5.92 Å². The van der Waals surface area contributed by atoms with E-state index in [0.29, 0.717) is 12.4 Å². The lowest BCUT2D eigenvalue weighted by atomic mass is 10.2. The van der Waals surface area contributed by atoms with Gasteiger partial charge in [-0.05, 0) is 30.9 Å². The zero-order chi connectivity index (χ0) is 20.0. The molecule has 0 heterocycles. The molecule has 1 aliphatic rings. The van der Waals surface area contributed by atoms with E-state index in [0.717, 1.165) is 12.8 Å². The first-order valence-corrected chi connectivity index (χ1v) is 8.95. The van der Waals surface area contributed by atoms with Crippen molar-refractivity contribution in [3.63, 3.8) is 0 Å². The lowest BCUT2D eigenvalue weighted by Crippen LogP contribution is -2.42. The second kappa shape index (κ2) is 9.45. The normalized spacial score (nSPS) is 13.1. The molecule has 0 bridgehead atoms. The van der Waals surface area contributed by atoms with Crippen molar-refractivity contribution in [2.24, 2.45) is 5.92 Å². The van der Waals surface area contributed by atoms with Crippen LogP contribution in [0.25, 0.3) is 0 Å². The monoisotopic (exact) mass is 398 g/mol. The third kappa shape index (κ3) is 6.63. The number of nitrogens with one attached hydrogen (secondary N) is 2. The fourth-order valence-corrected chi connectivity index (χ4v) is 2.32. The Morgan fingerprint density at radius 3 is 2.56 bits per heavy atom. The van der Waals surface area contributed by atoms with Crippen LogP contribution in [0.1, 0.15) is 37.0 Å². The van der Waals surface area contributed by atoms with Gasteiger partial charge in [0, 0.05) is 6.04 Å². The number of rotatable bonds is 8. The number of amides is 3. The number of hydrogen-bond donors (Lipinski definition) is 2. The van der Waals surface area contributed by atoms with E-state index in [2.05, 4.69) is 10.6 Å². The van der Waals surface area contributed by atoms with Crippen LogP contribution < -0.4 is 20.1 Å². The molecule has 1 aromatic carbocycles. The molecule has 148 valence electrons. The number of halogens is 1. The zero-order valence-corrected chi connectivity index (χ0v) is 16.2. The first-order valence-electron chi connectivity index (χ1n) is 8.58. The third-order valence-electron chi connectivity index (χ3n) is 3.53. The number of esters is 1. The number of hydrogen-bond acceptors (Lipinski definition) is 6. The molecule has 1 saturated carbocycles. The van der Waals surface area contributed by atoms with Crippen molar-refractivity contribution in [3.05, 3.63) is 22.7 Å². The average molecular weight is 399 g/mol. The summed E-state index contributed by atoms with van der Waals surface area (Å²) in [5, 5.41) is 4.87. The molecule has 2 rings (SSSR count). The number of carbonyl (C=O) groups is 3. The quantitative estimate of drug-likeness (QED) is 0.652. The van der Waals surface area contributed by atoms with Crippen molar-refractivity contribution in [3.8, 4) is 11.5 Å². The van der Waals surface area contributed by atoms with Gasteiger partial charge in [-0.3, -0.25) is 10.1 Å². The van der Waals surface area contributed by atoms with Crippen molar-refractivity contribution in [1.82, 2.24) is 10.6 Å². The van der Waals surface area contributed by atoms with Gasteiger partial charge in [0.25, 0.3) is 5.91 Å². The van der Waals surface area contributed by atoms with E-state index in [-0.39, 0.29) is 28.3 Å². The van der Waals surface area contributed by atoms with Gasteiger partial charge in [-0.25, -0.2) is 9.59 Å². The van der Waals surface area contributed by atoms with Crippen molar-refractivity contribution >= 4 is 29.5 Å². The van der Waals surface area contributed by atoms with Crippen LogP contribution >= 0.6 is 11.6 Å². The molecule has 0 radical (unpaired) electrons. The summed E-state index contributed by atoms with van der Waals surface area (Å²) in [5.74, 6) is -0.604. The van der Waals surface area contributed by atoms with E-state index < -0.39 is 24.5 Å². The van der Waals surface area contributed by atoms with E-state index in [4.69, 9.17) is 25.8 Å². The molecule has 0 saturated heterocycles. The molecule has 0 aliphatic heterocycles. The highest BCUT2D eigenvalue weighted by Crippen LogP contribution is 2.36. The Kier molecular flexibility index (Phi) is 7.29. The standard InChI is InChI=1S/C18H23ClN2O6/c1-10(2)8-26-16-13(19)6-11(7-14(16)25-3)17(23)27-9-15(22)21-18(24)20-12-4-5-12/h6-7,10,12H,4-5,8-9H2,1-3H3,(H2,20,21,22,24). The first-order chi connectivity index (χ1) is 12.8. The van der Waals surface area contributed by atoms with Gasteiger partial charge in [-0.1, -0.05) is 25.4 Å². The second-order valence-electron chi connectivity index (χ2n) is 6.57. The van der Waals surface area contributed by atoms with E-state index >= 15 is 0 Å². The zero-order valence-electron chi connectivity index (χ0n) is 15.5. The molecular formula is C18H23ClN2O6. The molecular weight excluding hydrogens is 376 g/mol. The van der Waals surface area contributed by atoms with Gasteiger partial charge in [-0.15, -0.1) is 0 Å². The van der Waals surface area contributed by atoms with Crippen LogP contribution in [-0.4, -0.2) is 44.3 Å². The number of carbonyl (C=O) groups excluding carboxylic acids is 3. The largest absolute Gasteiger partial charge is 0.493 e. The van der Waals surface area contributed by atoms with Crippen molar-refractivity contribution in [2.45, 2.75) is 32.7 Å². The summed E-state index contributed by atoms with van der Waals surface area (Å²) in [4.78, 5) is 35.3. The molecule has 1 aromatic rings. The third-order valence-corrected chi connectivity index (χ3v) is 3.81. The smallest absolute Gasteiger partial charge is 0.338 e. The lowest BCUT2D eigenvalue weighted by molar-refractivity contribution is -0.123. The number of ether oxygens (including phenoxy) is 3. The molecule has 0 atom stereocenters. The summed E-state index contributed by atoms with van der Waals surface area (Å²) >= 11 is 6.18. The highest BCUT2D eigenvalue weighted by atomic mass is 35.5. The Balaban J connectivity index is 1.93. The van der Waals surface area contributed by atoms with Crippen LogP contribution in [0.3, 0.4) is 0 Å². The summed E-state index contributed by atoms with van der Waals surface area (Å²) in [5.41, 5.74) is 0.101. The van der Waals surface area contributed by atoms with Crippen molar-refractivity contribution < 1.29 is 28.6 Å². The van der Waals surface area contributed by atoms with Gasteiger partial charge in [0.2, 0.25) is 0 Å². The molecule has 1 aliphatic carbocycles. The highest BCUT2D eigenvalue weighted by Gasteiger charge is 2.24. The Morgan fingerprint density at radius 1 is 1.26 bits per heavy atom. The maximum Gasteiger partial charge on any atom is 0.338 e. The molecule has 8 nitrogen and oxygen atoms in total. The SMILES string of the molecule is COc1cc(C(=O)OCC(=O)NC(=O)NC2CC2)cc(Cl)c1OCC(C)C. The second-order valence-corrected chi connectivity index (χ2v) is 6.97. The molecule has 0 unspecified atom stereocenters. The number of imide groups is 1. The fourth-order valence-electron chi connectivity index (χ4n) is 2.05. The van der Waals surface area contributed by atoms with Crippen LogP contribution in [-0.2, 0) is 9.53 Å². The molecule has 1 fully saturated rings. The van der Waals surface area contributed by atoms with Gasteiger partial charge in [0.05, 0.1) is 24.3 Å². The molecule has 3 amide bonds.